The van der Waals surface area contributed by atoms with Gasteiger partial charge in [0, 0.05) is 44.9 Å². The molecular weight excluding hydrogens is 236 g/mol. The highest BCUT2D eigenvalue weighted by Gasteiger charge is 2.41. The first kappa shape index (κ1) is 13.8. The molecule has 3 heteroatoms. The summed E-state index contributed by atoms with van der Waals surface area (Å²) in [6, 6.07) is 1.73. The van der Waals surface area contributed by atoms with Crippen molar-refractivity contribution in [1.82, 2.24) is 9.80 Å². The summed E-state index contributed by atoms with van der Waals surface area (Å²) in [6.07, 6.45) is 5.70. The van der Waals surface area contributed by atoms with Crippen molar-refractivity contribution in [3.63, 3.8) is 0 Å². The Labute approximate surface area is 118 Å². The molecule has 0 aromatic carbocycles. The van der Waals surface area contributed by atoms with Gasteiger partial charge >= 0.3 is 0 Å². The fourth-order valence-electron chi connectivity index (χ4n) is 4.38. The average Bonchev–Trinajstić information content (AvgIpc) is 2.61. The maximum atomic E-state index is 5.54. The number of likely N-dealkylation sites (N-methyl/N-ethyl adjacent to an activating group) is 1. The number of rotatable bonds is 6. The molecule has 2 unspecified atom stereocenters. The summed E-state index contributed by atoms with van der Waals surface area (Å²) >= 11 is 0. The van der Waals surface area contributed by atoms with Gasteiger partial charge in [-0.15, -0.1) is 0 Å². The first-order valence-electron chi connectivity index (χ1n) is 8.36. The van der Waals surface area contributed by atoms with Crippen LogP contribution < -0.4 is 0 Å². The topological polar surface area (TPSA) is 15.7 Å². The molecule has 0 N–H and O–H groups in total. The first-order chi connectivity index (χ1) is 9.30. The Kier molecular flexibility index (Phi) is 4.45. The summed E-state index contributed by atoms with van der Waals surface area (Å²) in [5.74, 6) is 1.82. The molecule has 110 valence electrons. The van der Waals surface area contributed by atoms with Crippen LogP contribution in [0.5, 0.6) is 0 Å². The Balaban J connectivity index is 1.43. The van der Waals surface area contributed by atoms with Crippen LogP contribution in [0, 0.1) is 11.8 Å². The van der Waals surface area contributed by atoms with Gasteiger partial charge in [0.05, 0.1) is 0 Å². The normalized spacial score (nSPS) is 39.5. The molecule has 3 nitrogen and oxygen atoms in total. The molecule has 2 bridgehead atoms. The van der Waals surface area contributed by atoms with Gasteiger partial charge in [-0.3, -0.25) is 4.90 Å². The number of ether oxygens (including phenoxy) is 1. The van der Waals surface area contributed by atoms with Crippen molar-refractivity contribution in [2.45, 2.75) is 51.6 Å². The van der Waals surface area contributed by atoms with Gasteiger partial charge in [-0.1, -0.05) is 6.92 Å². The quantitative estimate of drug-likeness (QED) is 0.733. The zero-order valence-corrected chi connectivity index (χ0v) is 12.7. The van der Waals surface area contributed by atoms with Crippen LogP contribution in [0.1, 0.15) is 39.5 Å². The van der Waals surface area contributed by atoms with E-state index < -0.39 is 0 Å². The van der Waals surface area contributed by atoms with E-state index in [1.165, 1.54) is 51.9 Å². The van der Waals surface area contributed by atoms with Gasteiger partial charge in [-0.25, -0.2) is 0 Å². The summed E-state index contributed by atoms with van der Waals surface area (Å²) in [7, 11) is 0. The molecule has 2 atom stereocenters. The predicted octanol–water partition coefficient (Wildman–Crippen LogP) is 2.22. The number of piperazine rings is 1. The lowest BCUT2D eigenvalue weighted by atomic mass is 9.75. The van der Waals surface area contributed by atoms with Crippen LogP contribution in [0.3, 0.4) is 0 Å². The smallest absolute Gasteiger partial charge is 0.0494 e. The van der Waals surface area contributed by atoms with Gasteiger partial charge in [-0.05, 0) is 51.0 Å². The second kappa shape index (κ2) is 6.11. The van der Waals surface area contributed by atoms with Crippen molar-refractivity contribution in [2.75, 3.05) is 39.4 Å². The van der Waals surface area contributed by atoms with Crippen LogP contribution in [0.25, 0.3) is 0 Å². The van der Waals surface area contributed by atoms with Crippen LogP contribution in [-0.2, 0) is 4.74 Å². The Bertz CT molecular complexity index is 276. The predicted molar refractivity (Wildman–Crippen MR) is 78.3 cm³/mol. The Hall–Kier alpha value is -0.120. The number of likely N-dealkylation sites (tertiary alicyclic amines) is 1. The highest BCUT2D eigenvalue weighted by atomic mass is 16.5. The summed E-state index contributed by atoms with van der Waals surface area (Å²) in [5.41, 5.74) is 0. The second-order valence-electron chi connectivity index (χ2n) is 6.80. The summed E-state index contributed by atoms with van der Waals surface area (Å²) in [4.78, 5) is 5.51. The van der Waals surface area contributed by atoms with Crippen LogP contribution in [0.4, 0.5) is 0 Å². The zero-order valence-electron chi connectivity index (χ0n) is 12.7. The number of fused-ring (bicyclic) bond motifs is 2. The molecule has 1 aliphatic carbocycles. The molecule has 2 heterocycles. The summed E-state index contributed by atoms with van der Waals surface area (Å²) in [6.45, 7) is 11.5. The third-order valence-electron chi connectivity index (χ3n) is 5.52. The molecule has 2 saturated heterocycles. The number of hydrogen-bond donors (Lipinski definition) is 0. The summed E-state index contributed by atoms with van der Waals surface area (Å²) in [5, 5.41) is 0. The highest BCUT2D eigenvalue weighted by molar-refractivity contribution is 4.97. The average molecular weight is 266 g/mol. The van der Waals surface area contributed by atoms with E-state index in [9.17, 15) is 0 Å². The van der Waals surface area contributed by atoms with Gasteiger partial charge in [-0.2, -0.15) is 0 Å². The Morgan fingerprint density at radius 3 is 2.26 bits per heavy atom. The Morgan fingerprint density at radius 2 is 1.68 bits per heavy atom. The van der Waals surface area contributed by atoms with Crippen molar-refractivity contribution in [2.24, 2.45) is 11.8 Å². The number of nitrogens with zero attached hydrogens (tertiary/aromatic N) is 2. The molecule has 0 spiro atoms. The van der Waals surface area contributed by atoms with Gasteiger partial charge in [0.15, 0.2) is 0 Å². The summed E-state index contributed by atoms with van der Waals surface area (Å²) < 4.78 is 5.54. The van der Waals surface area contributed by atoms with E-state index in [0.29, 0.717) is 0 Å². The highest BCUT2D eigenvalue weighted by Crippen LogP contribution is 2.38. The van der Waals surface area contributed by atoms with E-state index >= 15 is 0 Å². The second-order valence-corrected chi connectivity index (χ2v) is 6.80. The standard InChI is InChI=1S/C16H30N2O/c1-3-17-10-15-5-6-16(11-17)18(15)9-13-7-14(8-13)12-19-4-2/h13-16H,3-12H2,1-2H3. The lowest BCUT2D eigenvalue weighted by Gasteiger charge is -2.45. The van der Waals surface area contributed by atoms with Gasteiger partial charge in [0.2, 0.25) is 0 Å². The lowest BCUT2D eigenvalue weighted by Crippen LogP contribution is -2.55. The van der Waals surface area contributed by atoms with Crippen molar-refractivity contribution in [3.05, 3.63) is 0 Å². The molecule has 3 aliphatic rings. The lowest BCUT2D eigenvalue weighted by molar-refractivity contribution is 0.00658. The first-order valence-corrected chi connectivity index (χ1v) is 8.36. The van der Waals surface area contributed by atoms with Crippen molar-refractivity contribution in [3.8, 4) is 0 Å². The van der Waals surface area contributed by atoms with Crippen LogP contribution >= 0.6 is 0 Å². The van der Waals surface area contributed by atoms with Gasteiger partial charge in [0.25, 0.3) is 0 Å². The molecule has 2 aliphatic heterocycles. The third kappa shape index (κ3) is 2.98. The molecular formula is C16H30N2O. The zero-order chi connectivity index (χ0) is 13.2. The van der Waals surface area contributed by atoms with E-state index in [1.54, 1.807) is 0 Å². The minimum atomic E-state index is 0.861. The van der Waals surface area contributed by atoms with Crippen LogP contribution in [0.15, 0.2) is 0 Å². The van der Waals surface area contributed by atoms with E-state index in [0.717, 1.165) is 37.1 Å². The van der Waals surface area contributed by atoms with Gasteiger partial charge in [0.1, 0.15) is 0 Å². The van der Waals surface area contributed by atoms with Crippen molar-refractivity contribution < 1.29 is 4.74 Å². The fourth-order valence-corrected chi connectivity index (χ4v) is 4.38. The van der Waals surface area contributed by atoms with Crippen LogP contribution in [-0.4, -0.2) is 61.3 Å². The van der Waals surface area contributed by atoms with E-state index in [2.05, 4.69) is 23.6 Å². The van der Waals surface area contributed by atoms with Crippen molar-refractivity contribution in [1.29, 1.82) is 0 Å². The largest absolute Gasteiger partial charge is 0.381 e. The molecule has 0 aromatic heterocycles. The SMILES string of the molecule is CCOCC1CC(CN2C3CCC2CN(CC)C3)C1. The molecule has 3 fully saturated rings. The molecule has 1 saturated carbocycles. The maximum Gasteiger partial charge on any atom is 0.0494 e. The fraction of sp³-hybridized carbons (Fsp3) is 1.00. The molecule has 0 radical (unpaired) electrons. The molecule has 0 amide bonds. The molecule has 0 aromatic rings. The van der Waals surface area contributed by atoms with E-state index in [1.807, 2.05) is 0 Å². The van der Waals surface area contributed by atoms with Crippen LogP contribution in [0.2, 0.25) is 0 Å². The molecule has 3 rings (SSSR count). The van der Waals surface area contributed by atoms with Crippen molar-refractivity contribution >= 4 is 0 Å². The molecule has 19 heavy (non-hydrogen) atoms. The van der Waals surface area contributed by atoms with E-state index in [4.69, 9.17) is 4.74 Å². The van der Waals surface area contributed by atoms with Gasteiger partial charge < -0.3 is 9.64 Å². The third-order valence-corrected chi connectivity index (χ3v) is 5.52. The number of hydrogen-bond acceptors (Lipinski definition) is 3. The minimum Gasteiger partial charge on any atom is -0.381 e. The Morgan fingerprint density at radius 1 is 1.00 bits per heavy atom. The monoisotopic (exact) mass is 266 g/mol. The van der Waals surface area contributed by atoms with E-state index in [-0.39, 0.29) is 0 Å². The maximum absolute atomic E-state index is 5.54. The minimum absolute atomic E-state index is 0.861.